The summed E-state index contributed by atoms with van der Waals surface area (Å²) in [6, 6.07) is 11.7. The van der Waals surface area contributed by atoms with E-state index in [1.165, 1.54) is 0 Å². The summed E-state index contributed by atoms with van der Waals surface area (Å²) in [6.45, 7) is 0. The third-order valence-electron chi connectivity index (χ3n) is 2.73. The molecule has 0 bridgehead atoms. The number of amidine groups is 1. The van der Waals surface area contributed by atoms with E-state index in [1.807, 2.05) is 0 Å². The second-order valence-electron chi connectivity index (χ2n) is 4.11. The lowest BCUT2D eigenvalue weighted by molar-refractivity contribution is 0.102. The molecule has 21 heavy (non-hydrogen) atoms. The summed E-state index contributed by atoms with van der Waals surface area (Å²) < 4.78 is 0.742. The number of rotatable bonds is 3. The number of nitrogens with two attached hydrogens (primary N) is 1. The molecule has 1 amide bonds. The van der Waals surface area contributed by atoms with Crippen LogP contribution in [0.25, 0.3) is 0 Å². The molecule has 4 N–H and O–H groups in total. The van der Waals surface area contributed by atoms with Crippen LogP contribution in [-0.4, -0.2) is 17.0 Å². The van der Waals surface area contributed by atoms with Gasteiger partial charge in [0.1, 0.15) is 0 Å². The van der Waals surface area contributed by atoms with Crippen LogP contribution in [0.4, 0.5) is 5.69 Å². The average Bonchev–Trinajstić information content (AvgIpc) is 2.47. The molecule has 0 fully saturated rings. The van der Waals surface area contributed by atoms with Crippen molar-refractivity contribution in [2.75, 3.05) is 5.32 Å². The van der Waals surface area contributed by atoms with Gasteiger partial charge in [-0.1, -0.05) is 44.8 Å². The molecule has 0 saturated heterocycles. The van der Waals surface area contributed by atoms with E-state index in [0.29, 0.717) is 21.8 Å². The van der Waals surface area contributed by atoms with Crippen molar-refractivity contribution in [3.8, 4) is 0 Å². The van der Waals surface area contributed by atoms with Crippen LogP contribution in [0, 0.1) is 0 Å². The highest BCUT2D eigenvalue weighted by Gasteiger charge is 2.14. The number of nitrogens with one attached hydrogen (secondary N) is 1. The van der Waals surface area contributed by atoms with E-state index in [0.717, 1.165) is 4.47 Å². The van der Waals surface area contributed by atoms with Crippen molar-refractivity contribution in [3.63, 3.8) is 0 Å². The first-order chi connectivity index (χ1) is 10.0. The van der Waals surface area contributed by atoms with E-state index in [9.17, 15) is 4.79 Å². The summed E-state index contributed by atoms with van der Waals surface area (Å²) in [6.07, 6.45) is 0. The standard InChI is InChI=1S/C14H11BrClN3O2/c15-8-5-6-10(13(17)19-21)12(7-8)18-14(20)9-3-1-2-4-11(9)16/h1-7,21H,(H2,17,19)(H,18,20). The molecule has 5 nitrogen and oxygen atoms in total. The quantitative estimate of drug-likeness (QED) is 0.335. The Balaban J connectivity index is 2.37. The van der Waals surface area contributed by atoms with Crippen LogP contribution < -0.4 is 11.1 Å². The third kappa shape index (κ3) is 3.53. The normalized spacial score (nSPS) is 11.2. The Morgan fingerprint density at radius 3 is 2.62 bits per heavy atom. The van der Waals surface area contributed by atoms with Crippen molar-refractivity contribution in [1.82, 2.24) is 0 Å². The number of oxime groups is 1. The zero-order chi connectivity index (χ0) is 15.4. The maximum atomic E-state index is 12.3. The van der Waals surface area contributed by atoms with E-state index in [4.69, 9.17) is 22.5 Å². The Morgan fingerprint density at radius 1 is 1.24 bits per heavy atom. The smallest absolute Gasteiger partial charge is 0.257 e. The summed E-state index contributed by atoms with van der Waals surface area (Å²) >= 11 is 9.30. The highest BCUT2D eigenvalue weighted by atomic mass is 79.9. The van der Waals surface area contributed by atoms with Gasteiger partial charge in [0, 0.05) is 10.0 Å². The Bertz CT molecular complexity index is 719. The van der Waals surface area contributed by atoms with Gasteiger partial charge in [0.2, 0.25) is 0 Å². The van der Waals surface area contributed by atoms with Gasteiger partial charge < -0.3 is 16.3 Å². The summed E-state index contributed by atoms with van der Waals surface area (Å²) in [5.74, 6) is -0.484. The first-order valence-corrected chi connectivity index (χ1v) is 7.03. The molecule has 2 aromatic carbocycles. The van der Waals surface area contributed by atoms with Gasteiger partial charge in [-0.15, -0.1) is 0 Å². The highest BCUT2D eigenvalue weighted by Crippen LogP contribution is 2.23. The topological polar surface area (TPSA) is 87.7 Å². The van der Waals surface area contributed by atoms with Crippen molar-refractivity contribution in [1.29, 1.82) is 0 Å². The van der Waals surface area contributed by atoms with Gasteiger partial charge in [-0.05, 0) is 30.3 Å². The highest BCUT2D eigenvalue weighted by molar-refractivity contribution is 9.10. The monoisotopic (exact) mass is 367 g/mol. The lowest BCUT2D eigenvalue weighted by Gasteiger charge is -2.11. The molecule has 0 aliphatic heterocycles. The molecule has 0 aliphatic carbocycles. The molecule has 0 saturated carbocycles. The Morgan fingerprint density at radius 2 is 1.95 bits per heavy atom. The first-order valence-electron chi connectivity index (χ1n) is 5.86. The van der Waals surface area contributed by atoms with E-state index in [1.54, 1.807) is 42.5 Å². The predicted octanol–water partition coefficient (Wildman–Crippen LogP) is 3.45. The molecule has 2 aromatic rings. The van der Waals surface area contributed by atoms with Gasteiger partial charge in [0.25, 0.3) is 5.91 Å². The molecule has 0 atom stereocenters. The molecule has 0 unspecified atom stereocenters. The summed E-state index contributed by atoms with van der Waals surface area (Å²) in [4.78, 5) is 12.3. The molecule has 0 radical (unpaired) electrons. The number of hydrogen-bond acceptors (Lipinski definition) is 3. The predicted molar refractivity (Wildman–Crippen MR) is 86.1 cm³/mol. The molecular formula is C14H11BrClN3O2. The van der Waals surface area contributed by atoms with Gasteiger partial charge in [-0.3, -0.25) is 4.79 Å². The van der Waals surface area contributed by atoms with Crippen molar-refractivity contribution >= 4 is 45.0 Å². The van der Waals surface area contributed by atoms with E-state index in [-0.39, 0.29) is 11.7 Å². The Kier molecular flexibility index (Phi) is 4.82. The number of halogens is 2. The van der Waals surface area contributed by atoms with Crippen LogP contribution in [0.3, 0.4) is 0 Å². The minimum atomic E-state index is -0.384. The number of anilines is 1. The van der Waals surface area contributed by atoms with Gasteiger partial charge in [0.15, 0.2) is 5.84 Å². The third-order valence-corrected chi connectivity index (χ3v) is 3.55. The van der Waals surface area contributed by atoms with Gasteiger partial charge in [-0.25, -0.2) is 0 Å². The maximum absolute atomic E-state index is 12.3. The van der Waals surface area contributed by atoms with Crippen LogP contribution in [0.15, 0.2) is 52.1 Å². The molecule has 7 heteroatoms. The van der Waals surface area contributed by atoms with Crippen molar-refractivity contribution in [2.45, 2.75) is 0 Å². The lowest BCUT2D eigenvalue weighted by Crippen LogP contribution is -2.19. The zero-order valence-corrected chi connectivity index (χ0v) is 13.0. The molecular weight excluding hydrogens is 358 g/mol. The number of carbonyl (C=O) groups excluding carboxylic acids is 1. The molecule has 0 aromatic heterocycles. The molecule has 0 spiro atoms. The number of hydrogen-bond donors (Lipinski definition) is 3. The van der Waals surface area contributed by atoms with Crippen LogP contribution >= 0.6 is 27.5 Å². The fraction of sp³-hybridized carbons (Fsp3) is 0. The van der Waals surface area contributed by atoms with Crippen LogP contribution in [-0.2, 0) is 0 Å². The van der Waals surface area contributed by atoms with Crippen LogP contribution in [0.1, 0.15) is 15.9 Å². The molecule has 108 valence electrons. The van der Waals surface area contributed by atoms with Crippen molar-refractivity contribution in [2.24, 2.45) is 10.9 Å². The van der Waals surface area contributed by atoms with E-state index in [2.05, 4.69) is 26.4 Å². The number of carbonyl (C=O) groups is 1. The fourth-order valence-corrected chi connectivity index (χ4v) is 2.31. The van der Waals surface area contributed by atoms with Gasteiger partial charge in [-0.2, -0.15) is 0 Å². The van der Waals surface area contributed by atoms with E-state index < -0.39 is 0 Å². The zero-order valence-electron chi connectivity index (χ0n) is 10.7. The fourth-order valence-electron chi connectivity index (χ4n) is 1.73. The second kappa shape index (κ2) is 6.60. The number of benzene rings is 2. The summed E-state index contributed by atoms with van der Waals surface area (Å²) in [5, 5.41) is 14.8. The minimum Gasteiger partial charge on any atom is -0.409 e. The Hall–Kier alpha value is -2.05. The minimum absolute atomic E-state index is 0.100. The van der Waals surface area contributed by atoms with Crippen molar-refractivity contribution < 1.29 is 10.0 Å². The van der Waals surface area contributed by atoms with Gasteiger partial charge in [0.05, 0.1) is 16.3 Å². The van der Waals surface area contributed by atoms with Gasteiger partial charge >= 0.3 is 0 Å². The SMILES string of the molecule is N/C(=N/O)c1ccc(Br)cc1NC(=O)c1ccccc1Cl. The maximum Gasteiger partial charge on any atom is 0.257 e. The molecule has 0 heterocycles. The van der Waals surface area contributed by atoms with Crippen molar-refractivity contribution in [3.05, 3.63) is 63.1 Å². The number of nitrogens with zero attached hydrogens (tertiary/aromatic N) is 1. The largest absolute Gasteiger partial charge is 0.409 e. The van der Waals surface area contributed by atoms with E-state index >= 15 is 0 Å². The average molecular weight is 369 g/mol. The Labute approximate surface area is 134 Å². The van der Waals surface area contributed by atoms with Crippen LogP contribution in [0.2, 0.25) is 5.02 Å². The molecule has 2 rings (SSSR count). The second-order valence-corrected chi connectivity index (χ2v) is 5.43. The summed E-state index contributed by atoms with van der Waals surface area (Å²) in [5.41, 5.74) is 6.75. The lowest BCUT2D eigenvalue weighted by atomic mass is 10.1. The summed E-state index contributed by atoms with van der Waals surface area (Å²) in [7, 11) is 0. The van der Waals surface area contributed by atoms with Crippen LogP contribution in [0.5, 0.6) is 0 Å². The molecule has 0 aliphatic rings. The first kappa shape index (κ1) is 15.3. The number of amides is 1.